The number of benzene rings is 2. The van der Waals surface area contributed by atoms with Crippen LogP contribution in [0.4, 0.5) is 5.69 Å². The first-order valence-electron chi connectivity index (χ1n) is 11.5. The molecular weight excluding hydrogens is 476 g/mol. The van der Waals surface area contributed by atoms with Crippen molar-refractivity contribution >= 4 is 33.2 Å². The fourth-order valence-electron chi connectivity index (χ4n) is 5.48. The minimum absolute atomic E-state index is 0.00391. The molecule has 2 aliphatic carbocycles. The van der Waals surface area contributed by atoms with E-state index in [-0.39, 0.29) is 27.6 Å². The average Bonchev–Trinajstić information content (AvgIpc) is 3.47. The summed E-state index contributed by atoms with van der Waals surface area (Å²) in [6.45, 7) is 2.05. The van der Waals surface area contributed by atoms with Crippen molar-refractivity contribution in [2.75, 3.05) is 25.6 Å². The maximum absolute atomic E-state index is 13.4. The molecule has 0 spiro atoms. The van der Waals surface area contributed by atoms with Crippen LogP contribution in [0.15, 0.2) is 41.3 Å². The zero-order valence-corrected chi connectivity index (χ0v) is 21.4. The Labute approximate surface area is 206 Å². The Bertz CT molecular complexity index is 1190. The minimum Gasteiger partial charge on any atom is -0.495 e. The highest BCUT2D eigenvalue weighted by molar-refractivity contribution is 7.92. The van der Waals surface area contributed by atoms with Crippen LogP contribution < -0.4 is 19.1 Å². The van der Waals surface area contributed by atoms with Crippen LogP contribution in [0.1, 0.15) is 43.0 Å². The van der Waals surface area contributed by atoms with Crippen LogP contribution in [-0.2, 0) is 10.0 Å². The van der Waals surface area contributed by atoms with E-state index in [0.29, 0.717) is 28.9 Å². The molecule has 0 heterocycles. The number of carbonyl (C=O) groups excluding carboxylic acids is 1. The zero-order valence-electron chi connectivity index (χ0n) is 19.9. The first-order valence-corrected chi connectivity index (χ1v) is 13.3. The summed E-state index contributed by atoms with van der Waals surface area (Å²) in [6.07, 6.45) is 4.98. The van der Waals surface area contributed by atoms with E-state index < -0.39 is 10.0 Å². The Morgan fingerprint density at radius 3 is 2.47 bits per heavy atom. The topological polar surface area (TPSA) is 84.9 Å². The molecule has 7 nitrogen and oxygen atoms in total. The van der Waals surface area contributed by atoms with Crippen molar-refractivity contribution in [3.63, 3.8) is 0 Å². The summed E-state index contributed by atoms with van der Waals surface area (Å²) in [4.78, 5) is 13.0. The second-order valence-electron chi connectivity index (χ2n) is 9.26. The number of methoxy groups -OCH3 is 2. The molecule has 2 bridgehead atoms. The molecule has 0 unspecified atom stereocenters. The normalized spacial score (nSPS) is 22.3. The Balaban J connectivity index is 1.55. The van der Waals surface area contributed by atoms with Crippen molar-refractivity contribution in [3.05, 3.63) is 47.0 Å². The van der Waals surface area contributed by atoms with Crippen LogP contribution in [0.3, 0.4) is 0 Å². The Hall–Kier alpha value is -2.45. The number of ether oxygens (including phenoxy) is 2. The molecule has 1 N–H and O–H groups in total. The van der Waals surface area contributed by atoms with Crippen LogP contribution in [0.5, 0.6) is 11.5 Å². The number of amides is 1. The van der Waals surface area contributed by atoms with E-state index in [4.69, 9.17) is 21.1 Å². The average molecular weight is 507 g/mol. The van der Waals surface area contributed by atoms with Crippen LogP contribution in [0.25, 0.3) is 0 Å². The number of carbonyl (C=O) groups is 1. The molecular formula is C25H31ClN2O5S. The molecule has 0 saturated heterocycles. The van der Waals surface area contributed by atoms with Crippen LogP contribution in [-0.4, -0.2) is 41.6 Å². The van der Waals surface area contributed by atoms with Gasteiger partial charge in [-0.25, -0.2) is 8.42 Å². The molecule has 0 aromatic heterocycles. The molecule has 0 aliphatic heterocycles. The molecule has 9 heteroatoms. The van der Waals surface area contributed by atoms with Gasteiger partial charge in [0.15, 0.2) is 0 Å². The van der Waals surface area contributed by atoms with E-state index in [2.05, 4.69) is 12.2 Å². The maximum Gasteiger partial charge on any atom is 0.264 e. The molecule has 4 rings (SSSR count). The van der Waals surface area contributed by atoms with Gasteiger partial charge < -0.3 is 14.8 Å². The number of rotatable bonds is 8. The third-order valence-corrected chi connectivity index (χ3v) is 9.40. The van der Waals surface area contributed by atoms with Gasteiger partial charge in [-0.05, 0) is 68.2 Å². The lowest BCUT2D eigenvalue weighted by Gasteiger charge is -2.28. The third kappa shape index (κ3) is 4.58. The van der Waals surface area contributed by atoms with Gasteiger partial charge >= 0.3 is 0 Å². The molecule has 0 radical (unpaired) electrons. The van der Waals surface area contributed by atoms with E-state index >= 15 is 0 Å². The summed E-state index contributed by atoms with van der Waals surface area (Å²) in [6, 6.07) is 9.15. The molecule has 2 fully saturated rings. The van der Waals surface area contributed by atoms with Gasteiger partial charge in [0.1, 0.15) is 11.5 Å². The van der Waals surface area contributed by atoms with E-state index in [1.165, 1.54) is 64.8 Å². The van der Waals surface area contributed by atoms with E-state index in [1.807, 2.05) is 0 Å². The summed E-state index contributed by atoms with van der Waals surface area (Å²) in [7, 11) is 0.330. The number of anilines is 1. The number of hydrogen-bond acceptors (Lipinski definition) is 5. The zero-order chi connectivity index (χ0) is 24.6. The van der Waals surface area contributed by atoms with Gasteiger partial charge in [-0.3, -0.25) is 9.10 Å². The molecule has 2 saturated carbocycles. The second kappa shape index (κ2) is 9.66. The predicted octanol–water partition coefficient (Wildman–Crippen LogP) is 4.74. The smallest absolute Gasteiger partial charge is 0.264 e. The quantitative estimate of drug-likeness (QED) is 0.559. The van der Waals surface area contributed by atoms with E-state index in [0.717, 1.165) is 16.6 Å². The summed E-state index contributed by atoms with van der Waals surface area (Å²) in [5, 5.41) is 3.36. The van der Waals surface area contributed by atoms with E-state index in [1.54, 1.807) is 12.1 Å². The fourth-order valence-corrected chi connectivity index (χ4v) is 6.96. The van der Waals surface area contributed by atoms with Crippen LogP contribution >= 0.6 is 11.6 Å². The largest absolute Gasteiger partial charge is 0.495 e. The second-order valence-corrected chi connectivity index (χ2v) is 11.6. The Kier molecular flexibility index (Phi) is 7.01. The van der Waals surface area contributed by atoms with Gasteiger partial charge in [-0.2, -0.15) is 0 Å². The van der Waals surface area contributed by atoms with Gasteiger partial charge in [-0.15, -0.1) is 0 Å². The van der Waals surface area contributed by atoms with Gasteiger partial charge in [0.2, 0.25) is 0 Å². The van der Waals surface area contributed by atoms with Crippen molar-refractivity contribution in [2.45, 2.75) is 43.5 Å². The highest BCUT2D eigenvalue weighted by atomic mass is 35.5. The summed E-state index contributed by atoms with van der Waals surface area (Å²) >= 11 is 6.24. The molecule has 4 atom stereocenters. The number of nitrogens with zero attached hydrogens (tertiary/aromatic N) is 1. The van der Waals surface area contributed by atoms with Crippen molar-refractivity contribution in [1.29, 1.82) is 0 Å². The molecule has 34 heavy (non-hydrogen) atoms. The summed E-state index contributed by atoms with van der Waals surface area (Å²) in [5.74, 6) is 2.37. The highest BCUT2D eigenvalue weighted by Gasteiger charge is 2.42. The van der Waals surface area contributed by atoms with Gasteiger partial charge in [-0.1, -0.05) is 24.1 Å². The molecule has 1 amide bonds. The lowest BCUT2D eigenvalue weighted by molar-refractivity contribution is 0.0915. The first-order chi connectivity index (χ1) is 16.1. The van der Waals surface area contributed by atoms with Crippen molar-refractivity contribution in [3.8, 4) is 11.5 Å². The minimum atomic E-state index is -3.99. The Morgan fingerprint density at radius 2 is 1.85 bits per heavy atom. The highest BCUT2D eigenvalue weighted by Crippen LogP contribution is 2.49. The Morgan fingerprint density at radius 1 is 1.12 bits per heavy atom. The molecule has 184 valence electrons. The van der Waals surface area contributed by atoms with Crippen molar-refractivity contribution in [1.82, 2.24) is 5.32 Å². The number of sulfonamides is 1. The van der Waals surface area contributed by atoms with Crippen LogP contribution in [0.2, 0.25) is 5.02 Å². The van der Waals surface area contributed by atoms with E-state index in [9.17, 15) is 13.2 Å². The number of hydrogen-bond donors (Lipinski definition) is 1. The van der Waals surface area contributed by atoms with Crippen molar-refractivity contribution < 1.29 is 22.7 Å². The molecule has 2 aliphatic rings. The van der Waals surface area contributed by atoms with Crippen LogP contribution in [0, 0.1) is 17.8 Å². The number of halogens is 1. The maximum atomic E-state index is 13.4. The van der Waals surface area contributed by atoms with Crippen molar-refractivity contribution in [2.24, 2.45) is 17.8 Å². The van der Waals surface area contributed by atoms with Gasteiger partial charge in [0.05, 0.1) is 29.8 Å². The number of nitrogens with one attached hydrogen (secondary N) is 1. The number of fused-ring (bicyclic) bond motifs is 2. The fraction of sp³-hybridized carbons (Fsp3) is 0.480. The summed E-state index contributed by atoms with van der Waals surface area (Å²) < 4.78 is 38.5. The first kappa shape index (κ1) is 24.7. The lowest BCUT2D eigenvalue weighted by Crippen LogP contribution is -2.40. The molecule has 2 aromatic carbocycles. The predicted molar refractivity (Wildman–Crippen MR) is 132 cm³/mol. The molecule has 2 aromatic rings. The lowest BCUT2D eigenvalue weighted by atomic mass is 9.84. The SMILES string of the molecule is COc1cc(OC)c(N(C)S(=O)(=O)c2cccc(C(=O)N[C@H](C)[C@@H]3C[C@H]4CC[C@H]3C4)c2)cc1Cl. The third-order valence-electron chi connectivity index (χ3n) is 7.34. The van der Waals surface area contributed by atoms with Gasteiger partial charge in [0, 0.05) is 24.7 Å². The summed E-state index contributed by atoms with van der Waals surface area (Å²) in [5.41, 5.74) is 0.567. The standard InChI is InChI=1S/C25H31ClN2O5S/c1-15(20-11-16-8-9-17(20)10-16)27-25(29)18-6-5-7-19(12-18)34(30,31)28(2)22-13-21(26)23(32-3)14-24(22)33-4/h5-7,12-17,20H,8-11H2,1-4H3,(H,27,29)/t15-,16+,17+,20+/m1/s1. The monoisotopic (exact) mass is 506 g/mol. The van der Waals surface area contributed by atoms with Gasteiger partial charge in [0.25, 0.3) is 15.9 Å².